The van der Waals surface area contributed by atoms with Crippen LogP contribution in [0.15, 0.2) is 0 Å². The van der Waals surface area contributed by atoms with Gasteiger partial charge in [0, 0.05) is 0 Å². The lowest BCUT2D eigenvalue weighted by Crippen LogP contribution is -2.52. The number of amides is 2. The first kappa shape index (κ1) is 10.6. The Balaban J connectivity index is 2.49. The standard InChI is InChI=1S/C8H14N2O4/c11-7(12)9-5-3-1-2-4-6(5)10-8(13)14/h5-6,9-10H,1-4H2,(H,11,12)(H,13,14)/t5-,6-/m1/s1. The minimum atomic E-state index is -1.10. The molecular weight excluding hydrogens is 188 g/mol. The van der Waals surface area contributed by atoms with Crippen LogP contribution in [-0.4, -0.2) is 34.5 Å². The predicted molar refractivity (Wildman–Crippen MR) is 48.4 cm³/mol. The molecule has 1 saturated carbocycles. The van der Waals surface area contributed by atoms with E-state index < -0.39 is 12.2 Å². The van der Waals surface area contributed by atoms with Gasteiger partial charge in [0.1, 0.15) is 0 Å². The van der Waals surface area contributed by atoms with Crippen LogP contribution in [-0.2, 0) is 0 Å². The van der Waals surface area contributed by atoms with E-state index in [1.54, 1.807) is 0 Å². The Labute approximate surface area is 81.3 Å². The van der Waals surface area contributed by atoms with Crippen LogP contribution in [0, 0.1) is 0 Å². The molecule has 1 aliphatic carbocycles. The fourth-order valence-corrected chi connectivity index (χ4v) is 1.79. The van der Waals surface area contributed by atoms with E-state index in [1.807, 2.05) is 0 Å². The van der Waals surface area contributed by atoms with E-state index in [9.17, 15) is 9.59 Å². The third-order valence-electron chi connectivity index (χ3n) is 2.38. The molecule has 0 radical (unpaired) electrons. The molecule has 6 heteroatoms. The average Bonchev–Trinajstić information content (AvgIpc) is 2.06. The summed E-state index contributed by atoms with van der Waals surface area (Å²) in [6.45, 7) is 0. The molecule has 2 amide bonds. The molecule has 0 aromatic carbocycles. The molecule has 2 atom stereocenters. The number of carbonyl (C=O) groups is 2. The van der Waals surface area contributed by atoms with Crippen LogP contribution in [0.5, 0.6) is 0 Å². The van der Waals surface area contributed by atoms with Crippen molar-refractivity contribution in [2.45, 2.75) is 37.8 Å². The maximum Gasteiger partial charge on any atom is 0.404 e. The van der Waals surface area contributed by atoms with Gasteiger partial charge >= 0.3 is 12.2 Å². The quantitative estimate of drug-likeness (QED) is 0.533. The largest absolute Gasteiger partial charge is 0.465 e. The molecule has 0 bridgehead atoms. The fraction of sp³-hybridized carbons (Fsp3) is 0.750. The number of hydrogen-bond donors (Lipinski definition) is 4. The molecule has 80 valence electrons. The van der Waals surface area contributed by atoms with Crippen molar-refractivity contribution in [3.63, 3.8) is 0 Å². The molecule has 4 N–H and O–H groups in total. The topological polar surface area (TPSA) is 98.7 Å². The average molecular weight is 202 g/mol. The highest BCUT2D eigenvalue weighted by molar-refractivity contribution is 5.66. The Morgan fingerprint density at radius 3 is 1.57 bits per heavy atom. The zero-order valence-corrected chi connectivity index (χ0v) is 7.69. The number of hydrogen-bond acceptors (Lipinski definition) is 2. The van der Waals surface area contributed by atoms with Gasteiger partial charge in [-0.1, -0.05) is 12.8 Å². The molecule has 0 unspecified atom stereocenters. The zero-order chi connectivity index (χ0) is 10.6. The van der Waals surface area contributed by atoms with Crippen LogP contribution in [0.1, 0.15) is 25.7 Å². The molecule has 6 nitrogen and oxygen atoms in total. The van der Waals surface area contributed by atoms with E-state index in [0.717, 1.165) is 12.8 Å². The summed E-state index contributed by atoms with van der Waals surface area (Å²) < 4.78 is 0. The highest BCUT2D eigenvalue weighted by Gasteiger charge is 2.27. The molecule has 1 fully saturated rings. The molecule has 0 saturated heterocycles. The lowest BCUT2D eigenvalue weighted by atomic mass is 9.90. The third-order valence-corrected chi connectivity index (χ3v) is 2.38. The van der Waals surface area contributed by atoms with Crippen LogP contribution >= 0.6 is 0 Å². The summed E-state index contributed by atoms with van der Waals surface area (Å²) in [4.78, 5) is 20.8. The number of carboxylic acid groups (broad SMARTS) is 2. The predicted octanol–water partition coefficient (Wildman–Crippen LogP) is 0.833. The summed E-state index contributed by atoms with van der Waals surface area (Å²) in [5, 5.41) is 21.7. The van der Waals surface area contributed by atoms with Gasteiger partial charge < -0.3 is 20.8 Å². The van der Waals surface area contributed by atoms with Crippen LogP contribution in [0.3, 0.4) is 0 Å². The zero-order valence-electron chi connectivity index (χ0n) is 7.69. The van der Waals surface area contributed by atoms with Crippen LogP contribution < -0.4 is 10.6 Å². The van der Waals surface area contributed by atoms with Gasteiger partial charge in [-0.3, -0.25) is 0 Å². The van der Waals surface area contributed by atoms with Crippen molar-refractivity contribution in [2.24, 2.45) is 0 Å². The van der Waals surface area contributed by atoms with E-state index in [1.165, 1.54) is 0 Å². The van der Waals surface area contributed by atoms with Crippen molar-refractivity contribution in [1.29, 1.82) is 0 Å². The molecule has 0 heterocycles. The summed E-state index contributed by atoms with van der Waals surface area (Å²) in [6, 6.07) is -0.588. The van der Waals surface area contributed by atoms with Gasteiger partial charge in [-0.2, -0.15) is 0 Å². The molecular formula is C8H14N2O4. The maximum absolute atomic E-state index is 10.4. The van der Waals surface area contributed by atoms with Gasteiger partial charge in [-0.25, -0.2) is 9.59 Å². The summed E-state index contributed by atoms with van der Waals surface area (Å²) in [6.07, 6.45) is 1.04. The van der Waals surface area contributed by atoms with Crippen LogP contribution in [0.25, 0.3) is 0 Å². The Hall–Kier alpha value is -1.46. The van der Waals surface area contributed by atoms with Gasteiger partial charge in [0.05, 0.1) is 12.1 Å². The van der Waals surface area contributed by atoms with E-state index in [2.05, 4.69) is 10.6 Å². The third kappa shape index (κ3) is 3.12. The molecule has 0 aromatic heterocycles. The highest BCUT2D eigenvalue weighted by Crippen LogP contribution is 2.18. The first-order chi connectivity index (χ1) is 6.59. The summed E-state index contributed by atoms with van der Waals surface area (Å²) in [5.41, 5.74) is 0. The summed E-state index contributed by atoms with van der Waals surface area (Å²) in [7, 11) is 0. The van der Waals surface area contributed by atoms with Gasteiger partial charge in [0.15, 0.2) is 0 Å². The Kier molecular flexibility index (Phi) is 3.55. The second-order valence-electron chi connectivity index (χ2n) is 3.40. The van der Waals surface area contributed by atoms with Crippen LogP contribution in [0.2, 0.25) is 0 Å². The molecule has 0 aliphatic heterocycles. The second kappa shape index (κ2) is 4.69. The van der Waals surface area contributed by atoms with Gasteiger partial charge in [0.2, 0.25) is 0 Å². The minimum Gasteiger partial charge on any atom is -0.465 e. The number of nitrogens with one attached hydrogen (secondary N) is 2. The van der Waals surface area contributed by atoms with E-state index in [0.29, 0.717) is 12.8 Å². The van der Waals surface area contributed by atoms with Crippen molar-refractivity contribution in [2.75, 3.05) is 0 Å². The molecule has 14 heavy (non-hydrogen) atoms. The van der Waals surface area contributed by atoms with Crippen molar-refractivity contribution in [1.82, 2.24) is 10.6 Å². The van der Waals surface area contributed by atoms with Gasteiger partial charge in [0.25, 0.3) is 0 Å². The number of rotatable bonds is 2. The fourth-order valence-electron chi connectivity index (χ4n) is 1.79. The monoisotopic (exact) mass is 202 g/mol. The van der Waals surface area contributed by atoms with E-state index in [4.69, 9.17) is 10.2 Å². The van der Waals surface area contributed by atoms with E-state index >= 15 is 0 Å². The van der Waals surface area contributed by atoms with Crippen LogP contribution in [0.4, 0.5) is 9.59 Å². The van der Waals surface area contributed by atoms with E-state index in [-0.39, 0.29) is 12.1 Å². The molecule has 1 aliphatic rings. The summed E-state index contributed by atoms with van der Waals surface area (Å²) in [5.74, 6) is 0. The lowest BCUT2D eigenvalue weighted by molar-refractivity contribution is 0.167. The van der Waals surface area contributed by atoms with Crippen molar-refractivity contribution in [3.8, 4) is 0 Å². The Bertz CT molecular complexity index is 207. The smallest absolute Gasteiger partial charge is 0.404 e. The first-order valence-electron chi connectivity index (χ1n) is 4.58. The Morgan fingerprint density at radius 2 is 1.29 bits per heavy atom. The first-order valence-corrected chi connectivity index (χ1v) is 4.58. The Morgan fingerprint density at radius 1 is 0.929 bits per heavy atom. The van der Waals surface area contributed by atoms with Crippen molar-refractivity contribution < 1.29 is 19.8 Å². The highest BCUT2D eigenvalue weighted by atomic mass is 16.4. The lowest BCUT2D eigenvalue weighted by Gasteiger charge is -2.30. The minimum absolute atomic E-state index is 0.294. The second-order valence-corrected chi connectivity index (χ2v) is 3.40. The summed E-state index contributed by atoms with van der Waals surface area (Å²) >= 11 is 0. The SMILES string of the molecule is O=C(O)N[C@@H]1CCCC[C@H]1NC(=O)O. The molecule has 0 aromatic rings. The van der Waals surface area contributed by atoms with Crippen molar-refractivity contribution in [3.05, 3.63) is 0 Å². The normalized spacial score (nSPS) is 26.6. The van der Waals surface area contributed by atoms with Gasteiger partial charge in [-0.05, 0) is 12.8 Å². The van der Waals surface area contributed by atoms with Crippen molar-refractivity contribution >= 4 is 12.2 Å². The van der Waals surface area contributed by atoms with Gasteiger partial charge in [-0.15, -0.1) is 0 Å². The molecule has 1 rings (SSSR count). The molecule has 0 spiro atoms. The maximum atomic E-state index is 10.4.